The summed E-state index contributed by atoms with van der Waals surface area (Å²) in [7, 11) is 1.65. The molecule has 15 heavy (non-hydrogen) atoms. The van der Waals surface area contributed by atoms with Crippen molar-refractivity contribution >= 4 is 15.9 Å². The van der Waals surface area contributed by atoms with Gasteiger partial charge in [0.25, 0.3) is 0 Å². The molecule has 0 saturated heterocycles. The van der Waals surface area contributed by atoms with Crippen LogP contribution in [0.4, 0.5) is 0 Å². The lowest BCUT2D eigenvalue weighted by atomic mass is 10.0. The Kier molecular flexibility index (Phi) is 3.32. The van der Waals surface area contributed by atoms with Crippen LogP contribution >= 0.6 is 15.9 Å². The Morgan fingerprint density at radius 2 is 2.20 bits per heavy atom. The highest BCUT2D eigenvalue weighted by molar-refractivity contribution is 9.10. The number of methoxy groups -OCH3 is 1. The molecule has 82 valence electrons. The summed E-state index contributed by atoms with van der Waals surface area (Å²) in [6, 6.07) is 3.92. The second-order valence-corrected chi connectivity index (χ2v) is 4.79. The van der Waals surface area contributed by atoms with Crippen molar-refractivity contribution in [2.75, 3.05) is 7.11 Å². The van der Waals surface area contributed by atoms with E-state index in [1.165, 1.54) is 5.56 Å². The van der Waals surface area contributed by atoms with E-state index in [-0.39, 0.29) is 6.10 Å². The first kappa shape index (κ1) is 11.0. The molecule has 0 aromatic heterocycles. The molecular formula is C12H15BrO2. The second kappa shape index (κ2) is 4.54. The van der Waals surface area contributed by atoms with Crippen molar-refractivity contribution in [3.05, 3.63) is 27.7 Å². The zero-order valence-corrected chi connectivity index (χ0v) is 10.4. The smallest absolute Gasteiger partial charge is 0.120 e. The molecule has 1 aliphatic rings. The van der Waals surface area contributed by atoms with Crippen molar-refractivity contribution in [2.24, 2.45) is 0 Å². The minimum absolute atomic E-state index is 0.339. The van der Waals surface area contributed by atoms with Gasteiger partial charge >= 0.3 is 0 Å². The van der Waals surface area contributed by atoms with Crippen LogP contribution in [0.5, 0.6) is 5.75 Å². The maximum absolute atomic E-state index is 10.0. The van der Waals surface area contributed by atoms with E-state index in [0.717, 1.165) is 41.5 Å². The standard InChI is InChI=1S/C12H15BrO2/c1-15-8-6-10-9(11(13)7-8)4-2-3-5-12(10)14/h6-7,12,14H,2-5H2,1H3/t12-/m0/s1. The zero-order valence-electron chi connectivity index (χ0n) is 8.79. The lowest BCUT2D eigenvalue weighted by molar-refractivity contribution is 0.166. The lowest BCUT2D eigenvalue weighted by Gasteiger charge is -2.14. The normalized spacial score (nSPS) is 20.6. The van der Waals surface area contributed by atoms with Gasteiger partial charge in [-0.1, -0.05) is 22.4 Å². The van der Waals surface area contributed by atoms with Crippen molar-refractivity contribution in [1.82, 2.24) is 0 Å². The molecule has 0 aliphatic heterocycles. The number of aliphatic hydroxyl groups excluding tert-OH is 1. The van der Waals surface area contributed by atoms with Crippen LogP contribution in [0.25, 0.3) is 0 Å². The number of ether oxygens (including phenoxy) is 1. The number of hydrogen-bond donors (Lipinski definition) is 1. The van der Waals surface area contributed by atoms with Crippen molar-refractivity contribution in [2.45, 2.75) is 31.8 Å². The minimum Gasteiger partial charge on any atom is -0.497 e. The summed E-state index contributed by atoms with van der Waals surface area (Å²) >= 11 is 3.54. The maximum Gasteiger partial charge on any atom is 0.120 e. The van der Waals surface area contributed by atoms with E-state index in [9.17, 15) is 5.11 Å². The Balaban J connectivity index is 2.50. The van der Waals surface area contributed by atoms with Gasteiger partial charge in [-0.15, -0.1) is 0 Å². The quantitative estimate of drug-likeness (QED) is 0.795. The molecular weight excluding hydrogens is 256 g/mol. The fourth-order valence-electron chi connectivity index (χ4n) is 2.11. The summed E-state index contributed by atoms with van der Waals surface area (Å²) in [6.07, 6.45) is 3.79. The average Bonchev–Trinajstić information content (AvgIpc) is 2.41. The van der Waals surface area contributed by atoms with E-state index in [0.29, 0.717) is 0 Å². The first-order chi connectivity index (χ1) is 7.22. The van der Waals surface area contributed by atoms with Gasteiger partial charge in [0.1, 0.15) is 5.75 Å². The van der Waals surface area contributed by atoms with Gasteiger partial charge in [-0.2, -0.15) is 0 Å². The van der Waals surface area contributed by atoms with Crippen molar-refractivity contribution in [3.8, 4) is 5.75 Å². The average molecular weight is 271 g/mol. The molecule has 1 aromatic carbocycles. The predicted octanol–water partition coefficient (Wildman–Crippen LogP) is 3.22. The summed E-state index contributed by atoms with van der Waals surface area (Å²) in [4.78, 5) is 0. The van der Waals surface area contributed by atoms with Crippen LogP contribution in [0.3, 0.4) is 0 Å². The van der Waals surface area contributed by atoms with E-state index in [4.69, 9.17) is 4.74 Å². The highest BCUT2D eigenvalue weighted by Crippen LogP contribution is 2.36. The highest BCUT2D eigenvalue weighted by atomic mass is 79.9. The summed E-state index contributed by atoms with van der Waals surface area (Å²) in [5.74, 6) is 0.807. The fourth-order valence-corrected chi connectivity index (χ4v) is 2.76. The highest BCUT2D eigenvalue weighted by Gasteiger charge is 2.19. The van der Waals surface area contributed by atoms with Gasteiger partial charge in [-0.05, 0) is 42.5 Å². The molecule has 2 nitrogen and oxygen atoms in total. The van der Waals surface area contributed by atoms with Crippen molar-refractivity contribution < 1.29 is 9.84 Å². The zero-order chi connectivity index (χ0) is 10.8. The maximum atomic E-state index is 10.0. The number of rotatable bonds is 1. The molecule has 3 heteroatoms. The number of hydrogen-bond acceptors (Lipinski definition) is 2. The Morgan fingerprint density at radius 1 is 1.40 bits per heavy atom. The van der Waals surface area contributed by atoms with Gasteiger partial charge in [0.15, 0.2) is 0 Å². The van der Waals surface area contributed by atoms with Crippen LogP contribution in [0, 0.1) is 0 Å². The third kappa shape index (κ3) is 2.18. The van der Waals surface area contributed by atoms with Crippen LogP contribution in [-0.4, -0.2) is 12.2 Å². The summed E-state index contributed by atoms with van der Waals surface area (Å²) in [6.45, 7) is 0. The van der Waals surface area contributed by atoms with E-state index in [1.807, 2.05) is 12.1 Å². The van der Waals surface area contributed by atoms with Gasteiger partial charge in [0, 0.05) is 4.47 Å². The summed E-state index contributed by atoms with van der Waals surface area (Å²) in [5.41, 5.74) is 2.26. The molecule has 0 bridgehead atoms. The van der Waals surface area contributed by atoms with Gasteiger partial charge in [0.2, 0.25) is 0 Å². The van der Waals surface area contributed by atoms with Crippen LogP contribution in [0.15, 0.2) is 16.6 Å². The largest absolute Gasteiger partial charge is 0.497 e. The summed E-state index contributed by atoms with van der Waals surface area (Å²) < 4.78 is 6.26. The van der Waals surface area contributed by atoms with Gasteiger partial charge in [-0.3, -0.25) is 0 Å². The van der Waals surface area contributed by atoms with Crippen LogP contribution in [0.1, 0.15) is 36.5 Å². The predicted molar refractivity (Wildman–Crippen MR) is 63.2 cm³/mol. The first-order valence-corrected chi connectivity index (χ1v) is 6.06. The third-order valence-electron chi connectivity index (χ3n) is 2.95. The lowest BCUT2D eigenvalue weighted by Crippen LogP contribution is -2.00. The molecule has 0 heterocycles. The van der Waals surface area contributed by atoms with Gasteiger partial charge < -0.3 is 9.84 Å². The van der Waals surface area contributed by atoms with E-state index in [2.05, 4.69) is 15.9 Å². The Hall–Kier alpha value is -0.540. The number of halogens is 1. The van der Waals surface area contributed by atoms with Crippen LogP contribution in [0.2, 0.25) is 0 Å². The Bertz CT molecular complexity index is 363. The van der Waals surface area contributed by atoms with Crippen LogP contribution < -0.4 is 4.74 Å². The van der Waals surface area contributed by atoms with Crippen LogP contribution in [-0.2, 0) is 6.42 Å². The number of fused-ring (bicyclic) bond motifs is 1. The molecule has 0 radical (unpaired) electrons. The van der Waals surface area contributed by atoms with Gasteiger partial charge in [-0.25, -0.2) is 0 Å². The van der Waals surface area contributed by atoms with E-state index in [1.54, 1.807) is 7.11 Å². The number of benzene rings is 1. The van der Waals surface area contributed by atoms with Crippen molar-refractivity contribution in [3.63, 3.8) is 0 Å². The Labute approximate surface area is 98.4 Å². The SMILES string of the molecule is COc1cc(Br)c2c(c1)[C@@H](O)CCCC2. The topological polar surface area (TPSA) is 29.5 Å². The molecule has 1 atom stereocenters. The molecule has 0 unspecified atom stereocenters. The van der Waals surface area contributed by atoms with E-state index < -0.39 is 0 Å². The number of aliphatic hydroxyl groups is 1. The molecule has 0 spiro atoms. The van der Waals surface area contributed by atoms with Gasteiger partial charge in [0.05, 0.1) is 13.2 Å². The first-order valence-electron chi connectivity index (χ1n) is 5.26. The van der Waals surface area contributed by atoms with E-state index >= 15 is 0 Å². The fraction of sp³-hybridized carbons (Fsp3) is 0.500. The molecule has 0 amide bonds. The molecule has 1 aromatic rings. The third-order valence-corrected chi connectivity index (χ3v) is 3.66. The molecule has 2 rings (SSSR count). The molecule has 1 aliphatic carbocycles. The van der Waals surface area contributed by atoms with Crippen molar-refractivity contribution in [1.29, 1.82) is 0 Å². The second-order valence-electron chi connectivity index (χ2n) is 3.94. The molecule has 0 fully saturated rings. The minimum atomic E-state index is -0.339. The Morgan fingerprint density at radius 3 is 2.93 bits per heavy atom. The monoisotopic (exact) mass is 270 g/mol. The molecule has 1 N–H and O–H groups in total. The molecule has 0 saturated carbocycles. The summed E-state index contributed by atoms with van der Waals surface area (Å²) in [5, 5.41) is 10.0.